The van der Waals surface area contributed by atoms with E-state index in [9.17, 15) is 0 Å². The van der Waals surface area contributed by atoms with Gasteiger partial charge in [0.05, 0.1) is 5.02 Å². The highest BCUT2D eigenvalue weighted by Crippen LogP contribution is 2.29. The van der Waals surface area contributed by atoms with E-state index in [1.807, 2.05) is 38.1 Å². The van der Waals surface area contributed by atoms with E-state index in [1.165, 1.54) is 0 Å². The molecule has 0 aliphatic heterocycles. The molecule has 0 radical (unpaired) electrons. The number of pyridine rings is 1. The molecule has 0 saturated carbocycles. The van der Waals surface area contributed by atoms with Crippen molar-refractivity contribution in [2.75, 3.05) is 0 Å². The fraction of sp³-hybridized carbons (Fsp3) is 0.353. The number of aromatic nitrogens is 1. The summed E-state index contributed by atoms with van der Waals surface area (Å²) < 4.78 is 5.82. The normalized spacial score (nSPS) is 11.0. The Morgan fingerprint density at radius 2 is 1.95 bits per heavy atom. The predicted molar refractivity (Wildman–Crippen MR) is 87.2 cm³/mol. The van der Waals surface area contributed by atoms with Gasteiger partial charge in [0.15, 0.2) is 0 Å². The monoisotopic (exact) mass is 304 g/mol. The zero-order chi connectivity index (χ0) is 15.4. The van der Waals surface area contributed by atoms with Crippen molar-refractivity contribution in [3.8, 4) is 11.6 Å². The van der Waals surface area contributed by atoms with E-state index in [2.05, 4.69) is 30.2 Å². The van der Waals surface area contributed by atoms with Gasteiger partial charge in [-0.05, 0) is 43.2 Å². The number of rotatable bonds is 5. The molecule has 2 aromatic rings. The van der Waals surface area contributed by atoms with Crippen LogP contribution in [0.4, 0.5) is 0 Å². The largest absolute Gasteiger partial charge is 0.437 e. The zero-order valence-electron chi connectivity index (χ0n) is 12.9. The van der Waals surface area contributed by atoms with Crippen LogP contribution < -0.4 is 10.1 Å². The van der Waals surface area contributed by atoms with Crippen molar-refractivity contribution in [2.45, 2.75) is 40.3 Å². The van der Waals surface area contributed by atoms with Crippen LogP contribution in [-0.2, 0) is 6.54 Å². The number of hydrogen-bond donors (Lipinski definition) is 1. The molecule has 0 fully saturated rings. The topological polar surface area (TPSA) is 34.1 Å². The van der Waals surface area contributed by atoms with Gasteiger partial charge in [-0.1, -0.05) is 31.5 Å². The lowest BCUT2D eigenvalue weighted by molar-refractivity contribution is 0.460. The Morgan fingerprint density at radius 1 is 1.19 bits per heavy atom. The summed E-state index contributed by atoms with van der Waals surface area (Å²) in [5.74, 6) is 1.20. The second kappa shape index (κ2) is 6.92. The third-order valence-corrected chi connectivity index (χ3v) is 3.30. The Hall–Kier alpha value is -1.58. The first kappa shape index (κ1) is 15.8. The Balaban J connectivity index is 2.19. The Morgan fingerprint density at radius 3 is 2.62 bits per heavy atom. The van der Waals surface area contributed by atoms with Gasteiger partial charge < -0.3 is 10.1 Å². The van der Waals surface area contributed by atoms with Crippen LogP contribution in [0.5, 0.6) is 11.6 Å². The minimum atomic E-state index is 0.439. The van der Waals surface area contributed by atoms with Gasteiger partial charge in [-0.15, -0.1) is 0 Å². The van der Waals surface area contributed by atoms with Crippen molar-refractivity contribution in [3.63, 3.8) is 0 Å². The number of hydrogen-bond acceptors (Lipinski definition) is 3. The van der Waals surface area contributed by atoms with Crippen LogP contribution in [0, 0.1) is 13.8 Å². The molecular weight excluding hydrogens is 284 g/mol. The van der Waals surface area contributed by atoms with Crippen LogP contribution in [0.1, 0.15) is 30.7 Å². The summed E-state index contributed by atoms with van der Waals surface area (Å²) in [6.45, 7) is 8.99. The highest BCUT2D eigenvalue weighted by atomic mass is 35.5. The molecule has 3 nitrogen and oxygen atoms in total. The van der Waals surface area contributed by atoms with Crippen LogP contribution in [-0.4, -0.2) is 11.0 Å². The quantitative estimate of drug-likeness (QED) is 0.873. The van der Waals surface area contributed by atoms with Crippen molar-refractivity contribution in [1.82, 2.24) is 10.3 Å². The fourth-order valence-electron chi connectivity index (χ4n) is 1.98. The lowest BCUT2D eigenvalue weighted by atomic mass is 10.2. The van der Waals surface area contributed by atoms with Gasteiger partial charge in [-0.25, -0.2) is 4.98 Å². The van der Waals surface area contributed by atoms with Crippen molar-refractivity contribution in [3.05, 3.63) is 52.2 Å². The van der Waals surface area contributed by atoms with E-state index in [1.54, 1.807) is 0 Å². The minimum Gasteiger partial charge on any atom is -0.437 e. The molecule has 0 unspecified atom stereocenters. The smallest absolute Gasteiger partial charge is 0.219 e. The van der Waals surface area contributed by atoms with Gasteiger partial charge in [0.25, 0.3) is 0 Å². The Kier molecular flexibility index (Phi) is 5.21. The van der Waals surface area contributed by atoms with Crippen molar-refractivity contribution >= 4 is 11.6 Å². The summed E-state index contributed by atoms with van der Waals surface area (Å²) in [5.41, 5.74) is 3.18. The second-order valence-corrected chi connectivity index (χ2v) is 5.93. The third-order valence-electron chi connectivity index (χ3n) is 3.01. The molecule has 4 heteroatoms. The molecule has 2 rings (SSSR count). The molecule has 0 bridgehead atoms. The molecule has 1 aromatic carbocycles. The number of halogens is 1. The first-order valence-electron chi connectivity index (χ1n) is 7.09. The molecule has 0 atom stereocenters. The number of nitrogens with zero attached hydrogens (tertiary/aromatic N) is 1. The van der Waals surface area contributed by atoms with E-state index < -0.39 is 0 Å². The van der Waals surface area contributed by atoms with Crippen LogP contribution in [0.3, 0.4) is 0 Å². The van der Waals surface area contributed by atoms with Crippen LogP contribution in [0.25, 0.3) is 0 Å². The molecule has 0 aliphatic carbocycles. The first-order valence-corrected chi connectivity index (χ1v) is 7.47. The summed E-state index contributed by atoms with van der Waals surface area (Å²) in [6.07, 6.45) is 0. The molecular formula is C17H21ClN2O. The molecule has 112 valence electrons. The first-order chi connectivity index (χ1) is 9.94. The maximum atomic E-state index is 6.20. The molecule has 1 aromatic heterocycles. The number of aryl methyl sites for hydroxylation is 2. The van der Waals surface area contributed by atoms with E-state index >= 15 is 0 Å². The molecule has 0 amide bonds. The number of ether oxygens (including phenoxy) is 1. The lowest BCUT2D eigenvalue weighted by Gasteiger charge is -2.12. The summed E-state index contributed by atoms with van der Waals surface area (Å²) >= 11 is 6.20. The van der Waals surface area contributed by atoms with Crippen molar-refractivity contribution in [1.29, 1.82) is 0 Å². The van der Waals surface area contributed by atoms with Crippen LogP contribution in [0.15, 0.2) is 30.3 Å². The maximum absolute atomic E-state index is 6.20. The zero-order valence-corrected chi connectivity index (χ0v) is 13.7. The molecule has 0 saturated heterocycles. The molecule has 1 heterocycles. The molecule has 1 N–H and O–H groups in total. The lowest BCUT2D eigenvalue weighted by Crippen LogP contribution is -2.21. The average molecular weight is 305 g/mol. The van der Waals surface area contributed by atoms with Crippen LogP contribution in [0.2, 0.25) is 5.02 Å². The van der Waals surface area contributed by atoms with E-state index in [4.69, 9.17) is 16.3 Å². The maximum Gasteiger partial charge on any atom is 0.219 e. The van der Waals surface area contributed by atoms with Crippen LogP contribution >= 0.6 is 11.6 Å². The minimum absolute atomic E-state index is 0.439. The van der Waals surface area contributed by atoms with E-state index in [0.29, 0.717) is 22.7 Å². The van der Waals surface area contributed by atoms with Crippen molar-refractivity contribution < 1.29 is 4.74 Å². The van der Waals surface area contributed by atoms with Gasteiger partial charge in [0, 0.05) is 24.3 Å². The van der Waals surface area contributed by atoms with Gasteiger partial charge in [-0.3, -0.25) is 0 Å². The molecule has 0 aliphatic rings. The van der Waals surface area contributed by atoms with Crippen molar-refractivity contribution in [2.24, 2.45) is 0 Å². The van der Waals surface area contributed by atoms with Gasteiger partial charge in [0.1, 0.15) is 5.75 Å². The highest BCUT2D eigenvalue weighted by molar-refractivity contribution is 6.32. The fourth-order valence-corrected chi connectivity index (χ4v) is 2.26. The third kappa shape index (κ3) is 4.73. The number of benzene rings is 1. The van der Waals surface area contributed by atoms with Gasteiger partial charge in [-0.2, -0.15) is 0 Å². The van der Waals surface area contributed by atoms with Gasteiger partial charge >= 0.3 is 0 Å². The SMILES string of the molecule is Cc1ccc(Oc2cc(CNC(C)C)cc(C)n2)c(Cl)c1. The standard InChI is InChI=1S/C17H21ClN2O/c1-11(2)19-10-14-8-13(4)20-17(9-14)21-16-6-5-12(3)7-15(16)18/h5-9,11,19H,10H2,1-4H3. The van der Waals surface area contributed by atoms with Gasteiger partial charge in [0.2, 0.25) is 5.88 Å². The predicted octanol–water partition coefficient (Wildman–Crippen LogP) is 4.64. The Labute approximate surface area is 131 Å². The molecule has 21 heavy (non-hydrogen) atoms. The highest BCUT2D eigenvalue weighted by Gasteiger charge is 2.07. The Bertz CT molecular complexity index is 626. The van der Waals surface area contributed by atoms with E-state index in [0.717, 1.165) is 23.4 Å². The summed E-state index contributed by atoms with van der Waals surface area (Å²) in [6, 6.07) is 10.2. The summed E-state index contributed by atoms with van der Waals surface area (Å²) in [7, 11) is 0. The second-order valence-electron chi connectivity index (χ2n) is 5.53. The summed E-state index contributed by atoms with van der Waals surface area (Å²) in [4.78, 5) is 4.41. The van der Waals surface area contributed by atoms with E-state index in [-0.39, 0.29) is 0 Å². The molecule has 0 spiro atoms. The summed E-state index contributed by atoms with van der Waals surface area (Å²) in [5, 5.41) is 3.99. The number of nitrogens with one attached hydrogen (secondary N) is 1. The average Bonchev–Trinajstić information content (AvgIpc) is 2.39.